The van der Waals surface area contributed by atoms with E-state index in [9.17, 15) is 4.39 Å². The summed E-state index contributed by atoms with van der Waals surface area (Å²) in [5.41, 5.74) is 0.519. The van der Waals surface area contributed by atoms with Crippen LogP contribution in [-0.4, -0.2) is 54.5 Å². The molecule has 180 valence electrons. The molecule has 2 fully saturated rings. The Morgan fingerprint density at radius 2 is 1.73 bits per heavy atom. The van der Waals surface area contributed by atoms with Crippen molar-refractivity contribution >= 4 is 23.5 Å². The second kappa shape index (κ2) is 11.9. The van der Waals surface area contributed by atoms with Crippen molar-refractivity contribution in [2.75, 3.05) is 49.5 Å². The van der Waals surface area contributed by atoms with Gasteiger partial charge in [0, 0.05) is 38.0 Å². The highest BCUT2D eigenvalue weighted by Crippen LogP contribution is 2.25. The molecule has 1 saturated heterocycles. The maximum atomic E-state index is 14.3. The van der Waals surface area contributed by atoms with Crippen LogP contribution in [0.4, 0.5) is 27.9 Å². The van der Waals surface area contributed by atoms with Gasteiger partial charge in [0.05, 0.1) is 0 Å². The molecular formula is C23H34FN7O2. The van der Waals surface area contributed by atoms with E-state index >= 15 is 0 Å². The summed E-state index contributed by atoms with van der Waals surface area (Å²) in [4.78, 5) is 13.6. The van der Waals surface area contributed by atoms with Crippen molar-refractivity contribution < 1.29 is 13.9 Å². The average Bonchev–Trinajstić information content (AvgIpc) is 3.35. The van der Waals surface area contributed by atoms with E-state index in [0.717, 1.165) is 26.1 Å². The van der Waals surface area contributed by atoms with Crippen LogP contribution in [0.5, 0.6) is 5.75 Å². The molecule has 4 rings (SSSR count). The lowest BCUT2D eigenvalue weighted by Gasteiger charge is -2.22. The minimum absolute atomic E-state index is 0.0158. The number of hydrogen-bond acceptors (Lipinski definition) is 9. The molecule has 0 amide bonds. The fraction of sp³-hybridized carbons (Fsp3) is 0.609. The average molecular weight is 460 g/mol. The zero-order valence-corrected chi connectivity index (χ0v) is 19.2. The molecule has 0 bridgehead atoms. The molecule has 2 heterocycles. The summed E-state index contributed by atoms with van der Waals surface area (Å²) in [7, 11) is 1.49. The van der Waals surface area contributed by atoms with Crippen LogP contribution in [-0.2, 0) is 4.74 Å². The first-order valence-corrected chi connectivity index (χ1v) is 11.8. The van der Waals surface area contributed by atoms with E-state index in [1.807, 2.05) is 0 Å². The molecule has 2 aromatic rings. The topological polar surface area (TPSA) is 105 Å². The smallest absolute Gasteiger partial charge is 0.233 e. The molecule has 4 N–H and O–H groups in total. The number of rotatable bonds is 11. The van der Waals surface area contributed by atoms with Crippen molar-refractivity contribution in [1.82, 2.24) is 20.3 Å². The molecule has 1 aliphatic carbocycles. The van der Waals surface area contributed by atoms with Crippen LogP contribution in [0, 0.1) is 11.7 Å². The second-order valence-electron chi connectivity index (χ2n) is 8.69. The summed E-state index contributed by atoms with van der Waals surface area (Å²) in [5.74, 6) is 1.63. The van der Waals surface area contributed by atoms with E-state index in [4.69, 9.17) is 9.47 Å². The Labute approximate surface area is 194 Å². The number of methoxy groups -OCH3 is 1. The highest BCUT2D eigenvalue weighted by Gasteiger charge is 2.17. The van der Waals surface area contributed by atoms with Gasteiger partial charge in [0.15, 0.2) is 18.4 Å². The predicted octanol–water partition coefficient (Wildman–Crippen LogP) is 3.89. The van der Waals surface area contributed by atoms with E-state index in [0.29, 0.717) is 35.5 Å². The fourth-order valence-corrected chi connectivity index (χ4v) is 4.31. The Balaban J connectivity index is 1.45. The molecule has 1 unspecified atom stereocenters. The van der Waals surface area contributed by atoms with Crippen LogP contribution in [0.3, 0.4) is 0 Å². The number of aromatic nitrogens is 3. The Hall–Kier alpha value is -2.72. The van der Waals surface area contributed by atoms with Gasteiger partial charge in [0.2, 0.25) is 17.8 Å². The van der Waals surface area contributed by atoms with Crippen molar-refractivity contribution in [2.24, 2.45) is 5.92 Å². The number of nitrogens with zero attached hydrogens (tertiary/aromatic N) is 3. The van der Waals surface area contributed by atoms with Gasteiger partial charge in [-0.05, 0) is 50.3 Å². The molecule has 9 nitrogen and oxygen atoms in total. The molecule has 1 atom stereocenters. The van der Waals surface area contributed by atoms with Crippen LogP contribution >= 0.6 is 0 Å². The Bertz CT molecular complexity index is 889. The fourth-order valence-electron chi connectivity index (χ4n) is 4.31. The van der Waals surface area contributed by atoms with E-state index < -0.39 is 5.82 Å². The second-order valence-corrected chi connectivity index (χ2v) is 8.69. The number of ether oxygens (including phenoxy) is 2. The molecule has 0 spiro atoms. The summed E-state index contributed by atoms with van der Waals surface area (Å²) in [6, 6.07) is 5.01. The van der Waals surface area contributed by atoms with Gasteiger partial charge in [-0.25, -0.2) is 4.39 Å². The van der Waals surface area contributed by atoms with Crippen LogP contribution in [0.25, 0.3) is 0 Å². The Morgan fingerprint density at radius 1 is 0.970 bits per heavy atom. The minimum Gasteiger partial charge on any atom is -0.464 e. The number of halogens is 1. The van der Waals surface area contributed by atoms with E-state index in [-0.39, 0.29) is 12.5 Å². The Kier molecular flexibility index (Phi) is 8.48. The highest BCUT2D eigenvalue weighted by molar-refractivity contribution is 5.57. The summed E-state index contributed by atoms with van der Waals surface area (Å²) in [5, 5.41) is 13.3. The first-order valence-electron chi connectivity index (χ1n) is 11.8. The van der Waals surface area contributed by atoms with Crippen LogP contribution in [0.1, 0.15) is 44.9 Å². The molecule has 0 radical (unpaired) electrons. The lowest BCUT2D eigenvalue weighted by atomic mass is 9.89. The van der Waals surface area contributed by atoms with Crippen molar-refractivity contribution in [2.45, 2.75) is 51.0 Å². The molecule has 1 aromatic heterocycles. The van der Waals surface area contributed by atoms with Gasteiger partial charge in [-0.3, -0.25) is 0 Å². The predicted molar refractivity (Wildman–Crippen MR) is 127 cm³/mol. The van der Waals surface area contributed by atoms with Gasteiger partial charge in [0.1, 0.15) is 0 Å². The van der Waals surface area contributed by atoms with Crippen molar-refractivity contribution in [3.8, 4) is 5.75 Å². The summed E-state index contributed by atoms with van der Waals surface area (Å²) in [6.45, 7) is 2.61. The van der Waals surface area contributed by atoms with Crippen LogP contribution < -0.4 is 26.0 Å². The first kappa shape index (κ1) is 23.4. The molecular weight excluding hydrogens is 425 g/mol. The molecule has 1 aromatic carbocycles. The van der Waals surface area contributed by atoms with Crippen molar-refractivity contribution in [1.29, 1.82) is 0 Å². The van der Waals surface area contributed by atoms with Crippen molar-refractivity contribution in [3.05, 3.63) is 24.0 Å². The number of benzene rings is 1. The summed E-state index contributed by atoms with van der Waals surface area (Å²) >= 11 is 0. The zero-order chi connectivity index (χ0) is 22.9. The number of hydrogen-bond donors (Lipinski definition) is 4. The van der Waals surface area contributed by atoms with Crippen LogP contribution in [0.2, 0.25) is 0 Å². The molecule has 1 aliphatic heterocycles. The third-order valence-corrected chi connectivity index (χ3v) is 6.10. The largest absolute Gasteiger partial charge is 0.464 e. The monoisotopic (exact) mass is 459 g/mol. The maximum Gasteiger partial charge on any atom is 0.233 e. The molecule has 1 saturated carbocycles. The molecule has 10 heteroatoms. The third kappa shape index (κ3) is 7.13. The minimum atomic E-state index is -0.493. The van der Waals surface area contributed by atoms with Crippen LogP contribution in [0.15, 0.2) is 18.2 Å². The van der Waals surface area contributed by atoms with Crippen molar-refractivity contribution in [3.63, 3.8) is 0 Å². The highest BCUT2D eigenvalue weighted by atomic mass is 19.1. The lowest BCUT2D eigenvalue weighted by Crippen LogP contribution is -2.30. The van der Waals surface area contributed by atoms with Gasteiger partial charge in [-0.2, -0.15) is 15.0 Å². The van der Waals surface area contributed by atoms with Gasteiger partial charge in [-0.1, -0.05) is 19.3 Å². The number of anilines is 4. The zero-order valence-electron chi connectivity index (χ0n) is 19.2. The normalized spacial score (nSPS) is 18.8. The standard InChI is InChI=1S/C23H34FN7O2/c1-32-15-33-20-10-9-17(12-19(20)24)28-23-30-21(26-13-16-6-3-2-4-7-16)29-22(31-23)27-14-18-8-5-11-25-18/h9-10,12,16,18,25H,2-8,11,13-15H2,1H3,(H3,26,27,28,29,30,31). The van der Waals surface area contributed by atoms with Gasteiger partial charge < -0.3 is 30.7 Å². The molecule has 33 heavy (non-hydrogen) atoms. The quantitative estimate of drug-likeness (QED) is 0.372. The number of nitrogens with one attached hydrogen (secondary N) is 4. The van der Waals surface area contributed by atoms with E-state index in [2.05, 4.69) is 36.2 Å². The van der Waals surface area contributed by atoms with Gasteiger partial charge >= 0.3 is 0 Å². The maximum absolute atomic E-state index is 14.3. The van der Waals surface area contributed by atoms with E-state index in [1.165, 1.54) is 51.7 Å². The SMILES string of the molecule is COCOc1ccc(Nc2nc(NCC3CCCCC3)nc(NCC3CCCN3)n2)cc1F. The lowest BCUT2D eigenvalue weighted by molar-refractivity contribution is 0.0483. The first-order chi connectivity index (χ1) is 16.2. The van der Waals surface area contributed by atoms with Gasteiger partial charge in [-0.15, -0.1) is 0 Å². The Morgan fingerprint density at radius 3 is 2.42 bits per heavy atom. The van der Waals surface area contributed by atoms with E-state index in [1.54, 1.807) is 12.1 Å². The molecule has 2 aliphatic rings. The summed E-state index contributed by atoms with van der Waals surface area (Å²) in [6.07, 6.45) is 8.68. The third-order valence-electron chi connectivity index (χ3n) is 6.10. The summed E-state index contributed by atoms with van der Waals surface area (Å²) < 4.78 is 24.4. The van der Waals surface area contributed by atoms with Gasteiger partial charge in [0.25, 0.3) is 0 Å².